The fourth-order valence-electron chi connectivity index (χ4n) is 3.64. The van der Waals surface area contributed by atoms with E-state index in [0.717, 1.165) is 34.5 Å². The third-order valence-corrected chi connectivity index (χ3v) is 5.43. The molecule has 1 fully saturated rings. The van der Waals surface area contributed by atoms with Crippen LogP contribution >= 0.6 is 15.9 Å². The first-order chi connectivity index (χ1) is 13.6. The van der Waals surface area contributed by atoms with Gasteiger partial charge in [0.2, 0.25) is 0 Å². The largest absolute Gasteiger partial charge is 0.379 e. The van der Waals surface area contributed by atoms with Crippen molar-refractivity contribution in [3.05, 3.63) is 63.7 Å². The Bertz CT molecular complexity index is 1080. The zero-order chi connectivity index (χ0) is 19.7. The highest BCUT2D eigenvalue weighted by Gasteiger charge is 2.24. The lowest BCUT2D eigenvalue weighted by atomic mass is 10.1. The van der Waals surface area contributed by atoms with Crippen molar-refractivity contribution in [2.45, 2.75) is 6.92 Å². The van der Waals surface area contributed by atoms with Crippen LogP contribution in [0.2, 0.25) is 0 Å². The van der Waals surface area contributed by atoms with Gasteiger partial charge in [-0.15, -0.1) is 0 Å². The third-order valence-electron chi connectivity index (χ3n) is 5.00. The number of rotatable bonds is 4. The third kappa shape index (κ3) is 3.47. The number of pyridine rings is 1. The summed E-state index contributed by atoms with van der Waals surface area (Å²) in [7, 11) is 0. The van der Waals surface area contributed by atoms with E-state index in [1.807, 2.05) is 29.7 Å². The number of morpholine rings is 1. The van der Waals surface area contributed by atoms with Crippen molar-refractivity contribution in [1.82, 2.24) is 14.5 Å². The average Bonchev–Trinajstić information content (AvgIpc) is 3.00. The monoisotopic (exact) mass is 438 g/mol. The number of nitrogens with zero attached hydrogens (tertiary/aromatic N) is 4. The topological polar surface area (TPSA) is 51.7 Å². The van der Waals surface area contributed by atoms with E-state index < -0.39 is 0 Å². The molecule has 0 N–H and O–H groups in total. The number of fused-ring (bicyclic) bond motifs is 1. The number of ketones is 1. The molecule has 0 aliphatic carbocycles. The lowest BCUT2D eigenvalue weighted by Gasteiger charge is -2.25. The van der Waals surface area contributed by atoms with E-state index in [9.17, 15) is 4.79 Å². The van der Waals surface area contributed by atoms with E-state index in [0.29, 0.717) is 36.5 Å². The Morgan fingerprint density at radius 3 is 2.68 bits per heavy atom. The molecule has 6 nitrogen and oxygen atoms in total. The van der Waals surface area contributed by atoms with E-state index in [4.69, 9.17) is 11.3 Å². The summed E-state index contributed by atoms with van der Waals surface area (Å²) in [6, 6.07) is 9.35. The fourth-order valence-corrected chi connectivity index (χ4v) is 3.96. The van der Waals surface area contributed by atoms with Crippen LogP contribution in [0.15, 0.2) is 41.0 Å². The van der Waals surface area contributed by atoms with Crippen LogP contribution in [0, 0.1) is 13.5 Å². The van der Waals surface area contributed by atoms with E-state index >= 15 is 0 Å². The minimum atomic E-state index is 0.0655. The van der Waals surface area contributed by atoms with Gasteiger partial charge in [-0.25, -0.2) is 4.85 Å². The molecule has 0 radical (unpaired) electrons. The van der Waals surface area contributed by atoms with Crippen molar-refractivity contribution in [2.24, 2.45) is 0 Å². The van der Waals surface area contributed by atoms with Crippen LogP contribution in [0.1, 0.15) is 16.1 Å². The molecule has 3 heterocycles. The molecule has 142 valence electrons. The second-order valence-corrected chi connectivity index (χ2v) is 7.67. The van der Waals surface area contributed by atoms with Crippen molar-refractivity contribution in [3.8, 4) is 5.69 Å². The first-order valence-electron chi connectivity index (χ1n) is 9.06. The summed E-state index contributed by atoms with van der Waals surface area (Å²) in [5, 5.41) is 0. The summed E-state index contributed by atoms with van der Waals surface area (Å²) >= 11 is 3.49. The van der Waals surface area contributed by atoms with Crippen molar-refractivity contribution >= 4 is 38.4 Å². The summed E-state index contributed by atoms with van der Waals surface area (Å²) in [5.41, 5.74) is 4.57. The van der Waals surface area contributed by atoms with E-state index in [-0.39, 0.29) is 5.78 Å². The van der Waals surface area contributed by atoms with E-state index in [1.165, 1.54) is 0 Å². The maximum atomic E-state index is 13.2. The molecule has 0 saturated carbocycles. The highest BCUT2D eigenvalue weighted by Crippen LogP contribution is 2.31. The molecule has 4 rings (SSSR count). The van der Waals surface area contributed by atoms with Gasteiger partial charge in [0.25, 0.3) is 0 Å². The van der Waals surface area contributed by atoms with Gasteiger partial charge in [-0.05, 0) is 41.1 Å². The van der Waals surface area contributed by atoms with Crippen LogP contribution in [0.5, 0.6) is 0 Å². The standard InChI is InChI=1S/C21H19BrN4O2/c1-14-20(19(27)13-25-7-9-28-10-8-25)21-18(11-15(22)12-24-21)26(14)17-5-3-16(23-2)4-6-17/h3-6,11-12H,7-10,13H2,1H3. The summed E-state index contributed by atoms with van der Waals surface area (Å²) in [6.07, 6.45) is 1.72. The molecule has 1 saturated heterocycles. The number of aromatic nitrogens is 2. The second kappa shape index (κ2) is 7.84. The highest BCUT2D eigenvalue weighted by molar-refractivity contribution is 9.10. The first-order valence-corrected chi connectivity index (χ1v) is 9.85. The first kappa shape index (κ1) is 18.8. The second-order valence-electron chi connectivity index (χ2n) is 6.76. The van der Waals surface area contributed by atoms with Crippen LogP contribution < -0.4 is 0 Å². The predicted molar refractivity (Wildman–Crippen MR) is 111 cm³/mol. The molecule has 0 bridgehead atoms. The quantitative estimate of drug-likeness (QED) is 0.453. The minimum Gasteiger partial charge on any atom is -0.379 e. The van der Waals surface area contributed by atoms with Crippen LogP contribution in [0.25, 0.3) is 21.6 Å². The van der Waals surface area contributed by atoms with Gasteiger partial charge in [0.15, 0.2) is 11.5 Å². The molecule has 1 aromatic carbocycles. The molecular weight excluding hydrogens is 420 g/mol. The Hall–Kier alpha value is -2.53. The molecule has 28 heavy (non-hydrogen) atoms. The lowest BCUT2D eigenvalue weighted by Crippen LogP contribution is -2.39. The average molecular weight is 439 g/mol. The van der Waals surface area contributed by atoms with Gasteiger partial charge >= 0.3 is 0 Å². The number of halogens is 1. The van der Waals surface area contributed by atoms with Gasteiger partial charge < -0.3 is 9.30 Å². The number of hydrogen-bond donors (Lipinski definition) is 0. The Morgan fingerprint density at radius 1 is 1.29 bits per heavy atom. The van der Waals surface area contributed by atoms with Gasteiger partial charge in [-0.3, -0.25) is 14.7 Å². The summed E-state index contributed by atoms with van der Waals surface area (Å²) < 4.78 is 8.27. The summed E-state index contributed by atoms with van der Waals surface area (Å²) in [4.78, 5) is 23.3. The number of hydrogen-bond acceptors (Lipinski definition) is 4. The number of benzene rings is 1. The molecule has 0 atom stereocenters. The van der Waals surface area contributed by atoms with Crippen LogP contribution in [0.4, 0.5) is 5.69 Å². The van der Waals surface area contributed by atoms with E-state index in [1.54, 1.807) is 18.3 Å². The highest BCUT2D eigenvalue weighted by atomic mass is 79.9. The van der Waals surface area contributed by atoms with Crippen molar-refractivity contribution in [3.63, 3.8) is 0 Å². The molecule has 7 heteroatoms. The van der Waals surface area contributed by atoms with Crippen LogP contribution in [-0.4, -0.2) is 53.1 Å². The van der Waals surface area contributed by atoms with Gasteiger partial charge in [0.1, 0.15) is 0 Å². The Morgan fingerprint density at radius 2 is 2.00 bits per heavy atom. The number of Topliss-reactive ketones (excluding diaryl/α,β-unsaturated/α-hetero) is 1. The molecule has 0 spiro atoms. The number of carbonyl (C=O) groups is 1. The predicted octanol–water partition coefficient (Wildman–Crippen LogP) is 4.16. The maximum absolute atomic E-state index is 13.2. The van der Waals surface area contributed by atoms with Crippen molar-refractivity contribution < 1.29 is 9.53 Å². The molecule has 0 unspecified atom stereocenters. The molecule has 3 aromatic rings. The Labute approximate surface area is 171 Å². The summed E-state index contributed by atoms with van der Waals surface area (Å²) in [6.45, 7) is 12.3. The number of carbonyl (C=O) groups excluding carboxylic acids is 1. The van der Waals surface area contributed by atoms with Crippen molar-refractivity contribution in [1.29, 1.82) is 0 Å². The maximum Gasteiger partial charge on any atom is 0.187 e. The molecule has 0 amide bonds. The normalized spacial score (nSPS) is 14.9. The summed E-state index contributed by atoms with van der Waals surface area (Å²) in [5.74, 6) is 0.0655. The zero-order valence-corrected chi connectivity index (χ0v) is 17.1. The lowest BCUT2D eigenvalue weighted by molar-refractivity contribution is 0.0371. The van der Waals surface area contributed by atoms with E-state index in [2.05, 4.69) is 30.7 Å². The van der Waals surface area contributed by atoms with Gasteiger partial charge in [-0.1, -0.05) is 12.1 Å². The Balaban J connectivity index is 1.81. The minimum absolute atomic E-state index is 0.0655. The fraction of sp³-hybridized carbons (Fsp3) is 0.286. The van der Waals surface area contributed by atoms with Crippen LogP contribution in [0.3, 0.4) is 0 Å². The smallest absolute Gasteiger partial charge is 0.187 e. The van der Waals surface area contributed by atoms with Gasteiger partial charge in [-0.2, -0.15) is 0 Å². The zero-order valence-electron chi connectivity index (χ0n) is 15.5. The van der Waals surface area contributed by atoms with Crippen molar-refractivity contribution in [2.75, 3.05) is 32.8 Å². The number of ether oxygens (including phenoxy) is 1. The molecular formula is C21H19BrN4O2. The SMILES string of the molecule is [C-]#[N+]c1ccc(-n2c(C)c(C(=O)CN3CCOCC3)c3ncc(Br)cc32)cc1. The van der Waals surface area contributed by atoms with Crippen LogP contribution in [-0.2, 0) is 4.74 Å². The van der Waals surface area contributed by atoms with Gasteiger partial charge in [0, 0.05) is 35.1 Å². The van der Waals surface area contributed by atoms with Gasteiger partial charge in [0.05, 0.1) is 42.9 Å². The molecule has 1 aliphatic heterocycles. The Kier molecular flexibility index (Phi) is 5.27. The molecule has 2 aromatic heterocycles. The molecule has 1 aliphatic rings.